The first kappa shape index (κ1) is 8.91. The number of rotatable bonds is 3. The lowest BCUT2D eigenvalue weighted by Gasteiger charge is -1.98. The van der Waals surface area contributed by atoms with Crippen molar-refractivity contribution in [2.45, 2.75) is 26.7 Å². The van der Waals surface area contributed by atoms with Crippen LogP contribution in [0.15, 0.2) is 23.3 Å². The predicted molar refractivity (Wildman–Crippen MR) is 46.8 cm³/mol. The minimum atomic E-state index is 0.0603. The Bertz CT molecular complexity index is 282. The predicted octanol–water partition coefficient (Wildman–Crippen LogP) is 1.81. The highest BCUT2D eigenvalue weighted by atomic mass is 16.1. The Morgan fingerprint density at radius 3 is 2.33 bits per heavy atom. The van der Waals surface area contributed by atoms with Crippen LogP contribution < -0.4 is 0 Å². The van der Waals surface area contributed by atoms with Crippen LogP contribution in [0.3, 0.4) is 0 Å². The lowest BCUT2D eigenvalue weighted by Crippen LogP contribution is -2.01. The van der Waals surface area contributed by atoms with Crippen molar-refractivity contribution in [3.05, 3.63) is 23.3 Å². The number of carbonyl (C=O) groups excluding carboxylic acids is 2. The molecular formula is C10H12O2. The fourth-order valence-electron chi connectivity index (χ4n) is 1.18. The molecule has 64 valence electrons. The maximum absolute atomic E-state index is 11.2. The Hall–Kier alpha value is -1.18. The van der Waals surface area contributed by atoms with Crippen LogP contribution in [0.5, 0.6) is 0 Å². The van der Waals surface area contributed by atoms with Crippen LogP contribution in [-0.2, 0) is 9.59 Å². The Morgan fingerprint density at radius 2 is 1.92 bits per heavy atom. The standard InChI is InChI=1S/C10H12O2/c1-3-10(12)9-5-4-8(6-9)7(2)11/h4-5H,3,6H2,1-2H3. The lowest BCUT2D eigenvalue weighted by atomic mass is 10.0. The largest absolute Gasteiger partial charge is 0.295 e. The zero-order chi connectivity index (χ0) is 9.14. The first-order valence-corrected chi connectivity index (χ1v) is 4.09. The average molecular weight is 164 g/mol. The summed E-state index contributed by atoms with van der Waals surface area (Å²) in [5, 5.41) is 0. The lowest BCUT2D eigenvalue weighted by molar-refractivity contribution is -0.115. The zero-order valence-corrected chi connectivity index (χ0v) is 7.39. The number of Topliss-reactive ketones (excluding diaryl/α,β-unsaturated/α-hetero) is 2. The molecule has 1 aliphatic carbocycles. The van der Waals surface area contributed by atoms with E-state index in [9.17, 15) is 9.59 Å². The maximum atomic E-state index is 11.2. The molecule has 2 heteroatoms. The quantitative estimate of drug-likeness (QED) is 0.637. The van der Waals surface area contributed by atoms with Crippen molar-refractivity contribution in [1.82, 2.24) is 0 Å². The molecule has 2 nitrogen and oxygen atoms in total. The summed E-state index contributed by atoms with van der Waals surface area (Å²) in [5.74, 6) is 0.202. The molecule has 0 unspecified atom stereocenters. The first-order chi connectivity index (χ1) is 5.65. The second-order valence-corrected chi connectivity index (χ2v) is 2.89. The van der Waals surface area contributed by atoms with Crippen LogP contribution in [0.4, 0.5) is 0 Å². The van der Waals surface area contributed by atoms with Crippen LogP contribution in [0.1, 0.15) is 26.7 Å². The molecule has 0 aliphatic heterocycles. The first-order valence-electron chi connectivity index (χ1n) is 4.09. The summed E-state index contributed by atoms with van der Waals surface area (Å²) in [6, 6.07) is 0. The molecule has 0 aromatic rings. The number of hydrogen-bond acceptors (Lipinski definition) is 2. The van der Waals surface area contributed by atoms with E-state index in [0.717, 1.165) is 11.1 Å². The summed E-state index contributed by atoms with van der Waals surface area (Å²) in [7, 11) is 0. The third-order valence-electron chi connectivity index (χ3n) is 2.00. The molecule has 1 rings (SSSR count). The molecule has 0 aromatic carbocycles. The third kappa shape index (κ3) is 1.70. The highest BCUT2D eigenvalue weighted by Gasteiger charge is 2.15. The van der Waals surface area contributed by atoms with Gasteiger partial charge in [0.25, 0.3) is 0 Å². The topological polar surface area (TPSA) is 34.1 Å². The van der Waals surface area contributed by atoms with Gasteiger partial charge in [-0.15, -0.1) is 0 Å². The molecule has 1 aliphatic rings. The van der Waals surface area contributed by atoms with E-state index >= 15 is 0 Å². The molecule has 12 heavy (non-hydrogen) atoms. The monoisotopic (exact) mass is 164 g/mol. The molecular weight excluding hydrogens is 152 g/mol. The SMILES string of the molecule is CCC(=O)C1=CC=C(C(C)=O)C1. The summed E-state index contributed by atoms with van der Waals surface area (Å²) in [4.78, 5) is 22.1. The van der Waals surface area contributed by atoms with E-state index in [4.69, 9.17) is 0 Å². The second-order valence-electron chi connectivity index (χ2n) is 2.89. The van der Waals surface area contributed by atoms with Crippen molar-refractivity contribution in [1.29, 1.82) is 0 Å². The average Bonchev–Trinajstić information content (AvgIpc) is 2.51. The van der Waals surface area contributed by atoms with Gasteiger partial charge in [0.1, 0.15) is 0 Å². The van der Waals surface area contributed by atoms with Gasteiger partial charge < -0.3 is 0 Å². The number of hydrogen-bond donors (Lipinski definition) is 0. The summed E-state index contributed by atoms with van der Waals surface area (Å²) in [5.41, 5.74) is 1.51. The molecule has 0 radical (unpaired) electrons. The Morgan fingerprint density at radius 1 is 1.33 bits per heavy atom. The van der Waals surface area contributed by atoms with Crippen LogP contribution in [0, 0.1) is 0 Å². The van der Waals surface area contributed by atoms with Gasteiger partial charge in [-0.3, -0.25) is 9.59 Å². The van der Waals surface area contributed by atoms with Crippen molar-refractivity contribution in [3.8, 4) is 0 Å². The summed E-state index contributed by atoms with van der Waals surface area (Å²) < 4.78 is 0. The Kier molecular flexibility index (Phi) is 2.58. The van der Waals surface area contributed by atoms with E-state index in [2.05, 4.69) is 0 Å². The van der Waals surface area contributed by atoms with Crippen LogP contribution in [0.25, 0.3) is 0 Å². The van der Waals surface area contributed by atoms with Gasteiger partial charge in [-0.25, -0.2) is 0 Å². The number of carbonyl (C=O) groups is 2. The number of ketones is 2. The van der Waals surface area contributed by atoms with Gasteiger partial charge in [0.05, 0.1) is 0 Å². The van der Waals surface area contributed by atoms with E-state index in [-0.39, 0.29) is 11.6 Å². The maximum Gasteiger partial charge on any atom is 0.158 e. The molecule has 0 bridgehead atoms. The molecule has 0 saturated carbocycles. The van der Waals surface area contributed by atoms with Crippen molar-refractivity contribution in [2.24, 2.45) is 0 Å². The van der Waals surface area contributed by atoms with E-state index in [1.165, 1.54) is 6.92 Å². The van der Waals surface area contributed by atoms with Gasteiger partial charge in [0.2, 0.25) is 0 Å². The highest BCUT2D eigenvalue weighted by Crippen LogP contribution is 2.20. The fourth-order valence-corrected chi connectivity index (χ4v) is 1.18. The van der Waals surface area contributed by atoms with E-state index in [1.807, 2.05) is 6.92 Å². The smallest absolute Gasteiger partial charge is 0.158 e. The summed E-state index contributed by atoms with van der Waals surface area (Å²) in [6.07, 6.45) is 4.54. The van der Waals surface area contributed by atoms with Crippen LogP contribution in [-0.4, -0.2) is 11.6 Å². The Balaban J connectivity index is 2.62. The van der Waals surface area contributed by atoms with Gasteiger partial charge in [0, 0.05) is 12.8 Å². The van der Waals surface area contributed by atoms with Crippen LogP contribution >= 0.6 is 0 Å². The van der Waals surface area contributed by atoms with E-state index < -0.39 is 0 Å². The summed E-state index contributed by atoms with van der Waals surface area (Å²) >= 11 is 0. The highest BCUT2D eigenvalue weighted by molar-refractivity contribution is 6.02. The molecule has 0 atom stereocenters. The number of allylic oxidation sites excluding steroid dienone is 4. The van der Waals surface area contributed by atoms with Crippen molar-refractivity contribution < 1.29 is 9.59 Å². The third-order valence-corrected chi connectivity index (χ3v) is 2.00. The van der Waals surface area contributed by atoms with E-state index in [1.54, 1.807) is 12.2 Å². The zero-order valence-electron chi connectivity index (χ0n) is 7.39. The molecule has 0 amide bonds. The van der Waals surface area contributed by atoms with Crippen molar-refractivity contribution in [3.63, 3.8) is 0 Å². The van der Waals surface area contributed by atoms with Gasteiger partial charge in [-0.1, -0.05) is 19.1 Å². The van der Waals surface area contributed by atoms with Crippen molar-refractivity contribution >= 4 is 11.6 Å². The molecule has 0 fully saturated rings. The normalized spacial score (nSPS) is 15.5. The second kappa shape index (κ2) is 3.48. The molecule has 0 aromatic heterocycles. The van der Waals surface area contributed by atoms with E-state index in [0.29, 0.717) is 12.8 Å². The summed E-state index contributed by atoms with van der Waals surface area (Å²) in [6.45, 7) is 3.36. The van der Waals surface area contributed by atoms with Gasteiger partial charge >= 0.3 is 0 Å². The molecule has 0 N–H and O–H groups in total. The van der Waals surface area contributed by atoms with Crippen molar-refractivity contribution in [2.75, 3.05) is 0 Å². The van der Waals surface area contributed by atoms with Gasteiger partial charge in [-0.2, -0.15) is 0 Å². The Labute approximate surface area is 72.0 Å². The van der Waals surface area contributed by atoms with Gasteiger partial charge in [-0.05, 0) is 18.1 Å². The minimum Gasteiger partial charge on any atom is -0.295 e. The minimum absolute atomic E-state index is 0.0603. The van der Waals surface area contributed by atoms with Gasteiger partial charge in [0.15, 0.2) is 11.6 Å². The molecule has 0 saturated heterocycles. The molecule has 0 heterocycles. The molecule has 0 spiro atoms. The van der Waals surface area contributed by atoms with Crippen LogP contribution in [0.2, 0.25) is 0 Å². The fraction of sp³-hybridized carbons (Fsp3) is 0.400.